The van der Waals surface area contributed by atoms with Gasteiger partial charge in [0, 0.05) is 26.2 Å². The summed E-state index contributed by atoms with van der Waals surface area (Å²) < 4.78 is 5.51. The van der Waals surface area contributed by atoms with Crippen molar-refractivity contribution in [2.45, 2.75) is 31.9 Å². The predicted molar refractivity (Wildman–Crippen MR) is 72.8 cm³/mol. The maximum atomic E-state index is 12.5. The Kier molecular flexibility index (Phi) is 5.00. The summed E-state index contributed by atoms with van der Waals surface area (Å²) in [5.41, 5.74) is 0. The molecule has 0 aliphatic carbocycles. The summed E-state index contributed by atoms with van der Waals surface area (Å²) in [6.45, 7) is 3.12. The summed E-state index contributed by atoms with van der Waals surface area (Å²) in [5, 5.41) is 11.7. The Balaban J connectivity index is 2.05. The largest absolute Gasteiger partial charge is 0.480 e. The first-order valence-corrected chi connectivity index (χ1v) is 7.19. The van der Waals surface area contributed by atoms with E-state index in [4.69, 9.17) is 4.74 Å². The number of hydrogen-bond acceptors (Lipinski definition) is 4. The van der Waals surface area contributed by atoms with E-state index in [0.717, 1.165) is 17.7 Å². The van der Waals surface area contributed by atoms with Crippen molar-refractivity contribution in [2.24, 2.45) is 0 Å². The van der Waals surface area contributed by atoms with Gasteiger partial charge in [-0.1, -0.05) is 0 Å². The Morgan fingerprint density at radius 3 is 2.86 bits per heavy atom. The van der Waals surface area contributed by atoms with Gasteiger partial charge < -0.3 is 20.1 Å². The van der Waals surface area contributed by atoms with Crippen molar-refractivity contribution in [3.63, 3.8) is 0 Å². The molecule has 0 aromatic rings. The summed E-state index contributed by atoms with van der Waals surface area (Å²) in [6, 6.07) is -1.44. The molecule has 2 aliphatic heterocycles. The summed E-state index contributed by atoms with van der Waals surface area (Å²) in [4.78, 5) is 37.9. The summed E-state index contributed by atoms with van der Waals surface area (Å²) in [5.74, 6) is -1.45. The van der Waals surface area contributed by atoms with Crippen LogP contribution < -0.4 is 5.32 Å². The Morgan fingerprint density at radius 1 is 1.52 bits per heavy atom. The maximum Gasteiger partial charge on any atom is 0.328 e. The number of likely N-dealkylation sites (N-methyl/N-ethyl adjacent to an activating group) is 1. The van der Waals surface area contributed by atoms with Crippen molar-refractivity contribution in [3.05, 3.63) is 0 Å². The van der Waals surface area contributed by atoms with Crippen molar-refractivity contribution in [3.8, 4) is 0 Å². The van der Waals surface area contributed by atoms with E-state index in [1.165, 1.54) is 0 Å². The molecule has 0 aromatic carbocycles. The zero-order valence-corrected chi connectivity index (χ0v) is 12.1. The Morgan fingerprint density at radius 2 is 2.29 bits per heavy atom. The Hall–Kier alpha value is -1.83. The normalized spacial score (nSPS) is 25.6. The predicted octanol–water partition coefficient (Wildman–Crippen LogP) is -0.508. The molecule has 2 N–H and O–H groups in total. The number of hydrogen-bond donors (Lipinski definition) is 2. The topological polar surface area (TPSA) is 99.2 Å². The summed E-state index contributed by atoms with van der Waals surface area (Å²) in [7, 11) is 0. The highest BCUT2D eigenvalue weighted by Gasteiger charge is 2.37. The van der Waals surface area contributed by atoms with E-state index < -0.39 is 18.0 Å². The summed E-state index contributed by atoms with van der Waals surface area (Å²) >= 11 is 0. The molecule has 0 saturated carbocycles. The number of piperazine rings is 1. The number of amides is 3. The van der Waals surface area contributed by atoms with Gasteiger partial charge in [-0.05, 0) is 19.8 Å². The lowest BCUT2D eigenvalue weighted by Crippen LogP contribution is -2.62. The SMILES string of the molecule is CCN(CC1CCCO1)C(=O)N1CC(=O)NCC1C(=O)O. The second-order valence-corrected chi connectivity index (χ2v) is 5.24. The molecule has 3 amide bonds. The molecule has 2 aliphatic rings. The van der Waals surface area contributed by atoms with Crippen LogP contribution in [-0.2, 0) is 14.3 Å². The van der Waals surface area contributed by atoms with Gasteiger partial charge in [0.1, 0.15) is 12.6 Å². The van der Waals surface area contributed by atoms with Crippen LogP contribution in [0.2, 0.25) is 0 Å². The highest BCUT2D eigenvalue weighted by atomic mass is 16.5. The van der Waals surface area contributed by atoms with E-state index in [1.807, 2.05) is 6.92 Å². The van der Waals surface area contributed by atoms with Gasteiger partial charge in [-0.15, -0.1) is 0 Å². The van der Waals surface area contributed by atoms with Gasteiger partial charge in [0.2, 0.25) is 5.91 Å². The zero-order valence-electron chi connectivity index (χ0n) is 12.1. The van der Waals surface area contributed by atoms with Crippen LogP contribution in [0.15, 0.2) is 0 Å². The third-order valence-electron chi connectivity index (χ3n) is 3.81. The number of carbonyl (C=O) groups excluding carboxylic acids is 2. The molecule has 0 bridgehead atoms. The van der Waals surface area contributed by atoms with Crippen LogP contribution in [0.4, 0.5) is 4.79 Å². The molecule has 0 spiro atoms. The van der Waals surface area contributed by atoms with E-state index in [9.17, 15) is 19.5 Å². The van der Waals surface area contributed by atoms with Crippen LogP contribution in [0.25, 0.3) is 0 Å². The van der Waals surface area contributed by atoms with Gasteiger partial charge >= 0.3 is 12.0 Å². The van der Waals surface area contributed by atoms with Gasteiger partial charge in [0.05, 0.1) is 6.10 Å². The van der Waals surface area contributed by atoms with Crippen molar-refractivity contribution >= 4 is 17.9 Å². The Bertz CT molecular complexity index is 422. The van der Waals surface area contributed by atoms with Gasteiger partial charge in [0.25, 0.3) is 0 Å². The molecule has 2 fully saturated rings. The van der Waals surface area contributed by atoms with Crippen LogP contribution in [-0.4, -0.2) is 77.7 Å². The van der Waals surface area contributed by atoms with Crippen molar-refractivity contribution in [1.82, 2.24) is 15.1 Å². The molecule has 2 heterocycles. The highest BCUT2D eigenvalue weighted by molar-refractivity contribution is 5.90. The number of aliphatic carboxylic acids is 1. The molecular formula is C13H21N3O5. The number of nitrogens with zero attached hydrogens (tertiary/aromatic N) is 2. The molecule has 2 saturated heterocycles. The molecule has 2 atom stereocenters. The van der Waals surface area contributed by atoms with Gasteiger partial charge in [-0.25, -0.2) is 9.59 Å². The van der Waals surface area contributed by atoms with E-state index in [1.54, 1.807) is 4.90 Å². The molecule has 8 nitrogen and oxygen atoms in total. The second-order valence-electron chi connectivity index (χ2n) is 5.24. The molecule has 2 rings (SSSR count). The molecule has 21 heavy (non-hydrogen) atoms. The molecule has 8 heteroatoms. The van der Waals surface area contributed by atoms with E-state index in [-0.39, 0.29) is 25.1 Å². The smallest absolute Gasteiger partial charge is 0.328 e. The fourth-order valence-electron chi connectivity index (χ4n) is 2.62. The van der Waals surface area contributed by atoms with Crippen LogP contribution in [0.5, 0.6) is 0 Å². The Labute approximate surface area is 123 Å². The average Bonchev–Trinajstić information content (AvgIpc) is 2.96. The molecule has 118 valence electrons. The molecule has 0 radical (unpaired) electrons. The van der Waals surface area contributed by atoms with Crippen molar-refractivity contribution < 1.29 is 24.2 Å². The fraction of sp³-hybridized carbons (Fsp3) is 0.769. The van der Waals surface area contributed by atoms with Crippen LogP contribution >= 0.6 is 0 Å². The number of nitrogens with one attached hydrogen (secondary N) is 1. The quantitative estimate of drug-likeness (QED) is 0.728. The molecule has 2 unspecified atom stereocenters. The lowest BCUT2D eigenvalue weighted by Gasteiger charge is -2.36. The minimum Gasteiger partial charge on any atom is -0.480 e. The van der Waals surface area contributed by atoms with E-state index in [0.29, 0.717) is 19.7 Å². The van der Waals surface area contributed by atoms with E-state index in [2.05, 4.69) is 5.32 Å². The number of carboxylic acid groups (broad SMARTS) is 1. The third-order valence-corrected chi connectivity index (χ3v) is 3.81. The van der Waals surface area contributed by atoms with Gasteiger partial charge in [-0.2, -0.15) is 0 Å². The first-order valence-electron chi connectivity index (χ1n) is 7.19. The number of rotatable bonds is 4. The number of urea groups is 1. The standard InChI is InChI=1S/C13H21N3O5/c1-2-15(7-9-4-3-5-21-9)13(20)16-8-11(17)14-6-10(16)12(18)19/h9-10H,2-8H2,1H3,(H,14,17)(H,18,19). The van der Waals surface area contributed by atoms with Crippen molar-refractivity contribution in [2.75, 3.05) is 32.8 Å². The van der Waals surface area contributed by atoms with Crippen LogP contribution in [0, 0.1) is 0 Å². The zero-order chi connectivity index (χ0) is 15.4. The lowest BCUT2D eigenvalue weighted by atomic mass is 10.2. The van der Waals surface area contributed by atoms with Gasteiger partial charge in [-0.3, -0.25) is 9.69 Å². The number of ether oxygens (including phenoxy) is 1. The molecular weight excluding hydrogens is 278 g/mol. The summed E-state index contributed by atoms with van der Waals surface area (Å²) in [6.07, 6.45) is 1.86. The van der Waals surface area contributed by atoms with E-state index >= 15 is 0 Å². The first-order chi connectivity index (χ1) is 10.0. The molecule has 0 aromatic heterocycles. The van der Waals surface area contributed by atoms with Crippen molar-refractivity contribution in [1.29, 1.82) is 0 Å². The monoisotopic (exact) mass is 299 g/mol. The lowest BCUT2D eigenvalue weighted by molar-refractivity contribution is -0.144. The van der Waals surface area contributed by atoms with Crippen LogP contribution in [0.1, 0.15) is 19.8 Å². The highest BCUT2D eigenvalue weighted by Crippen LogP contribution is 2.15. The average molecular weight is 299 g/mol. The fourth-order valence-corrected chi connectivity index (χ4v) is 2.62. The maximum absolute atomic E-state index is 12.5. The van der Waals surface area contributed by atoms with Crippen LogP contribution in [0.3, 0.4) is 0 Å². The second kappa shape index (κ2) is 6.75. The third kappa shape index (κ3) is 3.63. The minimum atomic E-state index is -1.11. The minimum absolute atomic E-state index is 0.00389. The first kappa shape index (κ1) is 15.6. The number of carbonyl (C=O) groups is 3. The van der Waals surface area contributed by atoms with Gasteiger partial charge in [0.15, 0.2) is 0 Å². The number of carboxylic acids is 1.